The van der Waals surface area contributed by atoms with Crippen molar-refractivity contribution in [2.24, 2.45) is 0 Å². The van der Waals surface area contributed by atoms with E-state index < -0.39 is 0 Å². The highest BCUT2D eigenvalue weighted by atomic mass is 16.3. The summed E-state index contributed by atoms with van der Waals surface area (Å²) in [5.74, 6) is -0.234. The molecule has 24 heavy (non-hydrogen) atoms. The van der Waals surface area contributed by atoms with E-state index in [0.717, 1.165) is 17.7 Å². The largest absolute Gasteiger partial charge is 0.507 e. The smallest absolute Gasteiger partial charge is 0.255 e. The molecule has 4 heteroatoms. The molecule has 0 aliphatic carbocycles. The molecule has 1 saturated heterocycles. The van der Waals surface area contributed by atoms with Gasteiger partial charge in [-0.25, -0.2) is 0 Å². The van der Waals surface area contributed by atoms with E-state index in [1.807, 2.05) is 13.0 Å². The zero-order valence-electron chi connectivity index (χ0n) is 14.1. The summed E-state index contributed by atoms with van der Waals surface area (Å²) >= 11 is 0. The number of hydrogen-bond donors (Lipinski definition) is 2. The van der Waals surface area contributed by atoms with Crippen LogP contribution in [0.25, 0.3) is 0 Å². The van der Waals surface area contributed by atoms with Crippen LogP contribution in [-0.4, -0.2) is 29.0 Å². The van der Waals surface area contributed by atoms with Gasteiger partial charge in [-0.05, 0) is 61.7 Å². The Hall–Kier alpha value is -2.33. The second-order valence-corrected chi connectivity index (χ2v) is 6.50. The third-order valence-corrected chi connectivity index (χ3v) is 4.48. The van der Waals surface area contributed by atoms with E-state index in [1.54, 1.807) is 12.1 Å². The number of hydrogen-bond acceptors (Lipinski definition) is 3. The molecular formula is C20H24N2O2. The molecule has 2 aromatic carbocycles. The Balaban J connectivity index is 1.55. The van der Waals surface area contributed by atoms with E-state index in [9.17, 15) is 9.90 Å². The minimum atomic E-state index is -0.256. The molecule has 0 bridgehead atoms. The molecule has 1 aliphatic rings. The fourth-order valence-corrected chi connectivity index (χ4v) is 3.07. The zero-order chi connectivity index (χ0) is 16.9. The quantitative estimate of drug-likeness (QED) is 0.888. The lowest BCUT2D eigenvalue weighted by Gasteiger charge is -2.14. The lowest BCUT2D eigenvalue weighted by atomic mass is 10.1. The molecule has 1 amide bonds. The fourth-order valence-electron chi connectivity index (χ4n) is 3.07. The Morgan fingerprint density at radius 2 is 1.75 bits per heavy atom. The molecule has 4 nitrogen and oxygen atoms in total. The van der Waals surface area contributed by atoms with Crippen LogP contribution in [0.15, 0.2) is 42.5 Å². The van der Waals surface area contributed by atoms with Crippen LogP contribution in [0.3, 0.4) is 0 Å². The number of carbonyl (C=O) groups excluding carboxylic acids is 1. The maximum absolute atomic E-state index is 12.2. The van der Waals surface area contributed by atoms with E-state index in [1.165, 1.54) is 31.5 Å². The SMILES string of the molecule is Cc1ccc(C(=O)NCc2ccc(CN3CCCC3)cc2)c(O)c1. The van der Waals surface area contributed by atoms with Gasteiger partial charge in [0.15, 0.2) is 0 Å². The number of nitrogens with one attached hydrogen (secondary N) is 1. The van der Waals surface area contributed by atoms with Crippen molar-refractivity contribution in [3.8, 4) is 5.75 Å². The van der Waals surface area contributed by atoms with Crippen molar-refractivity contribution in [3.63, 3.8) is 0 Å². The molecule has 0 radical (unpaired) electrons. The van der Waals surface area contributed by atoms with Gasteiger partial charge in [0.25, 0.3) is 5.91 Å². The number of carbonyl (C=O) groups is 1. The number of rotatable bonds is 5. The van der Waals surface area contributed by atoms with Gasteiger partial charge in [0.1, 0.15) is 5.75 Å². The first-order valence-corrected chi connectivity index (χ1v) is 8.50. The lowest BCUT2D eigenvalue weighted by molar-refractivity contribution is 0.0948. The molecule has 0 unspecified atom stereocenters. The Bertz CT molecular complexity index is 704. The zero-order valence-corrected chi connectivity index (χ0v) is 14.1. The monoisotopic (exact) mass is 324 g/mol. The topological polar surface area (TPSA) is 52.6 Å². The van der Waals surface area contributed by atoms with Crippen molar-refractivity contribution in [1.82, 2.24) is 10.2 Å². The molecule has 1 fully saturated rings. The van der Waals surface area contributed by atoms with Crippen molar-refractivity contribution in [1.29, 1.82) is 0 Å². The molecule has 0 aromatic heterocycles. The summed E-state index contributed by atoms with van der Waals surface area (Å²) in [7, 11) is 0. The molecule has 0 atom stereocenters. The van der Waals surface area contributed by atoms with Crippen LogP contribution >= 0.6 is 0 Å². The molecule has 3 rings (SSSR count). The average Bonchev–Trinajstić information content (AvgIpc) is 3.07. The highest BCUT2D eigenvalue weighted by Crippen LogP contribution is 2.18. The highest BCUT2D eigenvalue weighted by Gasteiger charge is 2.12. The number of aryl methyl sites for hydroxylation is 1. The van der Waals surface area contributed by atoms with Gasteiger partial charge in [-0.1, -0.05) is 30.3 Å². The highest BCUT2D eigenvalue weighted by molar-refractivity contribution is 5.96. The first kappa shape index (κ1) is 16.5. The van der Waals surface area contributed by atoms with E-state index in [4.69, 9.17) is 0 Å². The van der Waals surface area contributed by atoms with Gasteiger partial charge < -0.3 is 10.4 Å². The summed E-state index contributed by atoms with van der Waals surface area (Å²) in [6.45, 7) is 5.72. The van der Waals surface area contributed by atoms with Crippen LogP contribution in [0.4, 0.5) is 0 Å². The van der Waals surface area contributed by atoms with Crippen molar-refractivity contribution in [2.75, 3.05) is 13.1 Å². The van der Waals surface area contributed by atoms with E-state index in [-0.39, 0.29) is 11.7 Å². The summed E-state index contributed by atoms with van der Waals surface area (Å²) < 4.78 is 0. The standard InChI is InChI=1S/C20H24N2O2/c1-15-4-9-18(19(23)12-15)20(24)21-13-16-5-7-17(8-6-16)14-22-10-2-3-11-22/h4-9,12,23H,2-3,10-11,13-14H2,1H3,(H,21,24). The number of likely N-dealkylation sites (tertiary alicyclic amines) is 1. The lowest BCUT2D eigenvalue weighted by Crippen LogP contribution is -2.23. The summed E-state index contributed by atoms with van der Waals surface area (Å²) in [5, 5.41) is 12.7. The summed E-state index contributed by atoms with van der Waals surface area (Å²) in [5.41, 5.74) is 3.60. The predicted molar refractivity (Wildman–Crippen MR) is 95.0 cm³/mol. The van der Waals surface area contributed by atoms with Crippen molar-refractivity contribution in [3.05, 3.63) is 64.7 Å². The Morgan fingerprint density at radius 3 is 2.42 bits per heavy atom. The van der Waals surface area contributed by atoms with Gasteiger partial charge in [-0.3, -0.25) is 9.69 Å². The number of phenols is 1. The van der Waals surface area contributed by atoms with Crippen molar-refractivity contribution >= 4 is 5.91 Å². The molecular weight excluding hydrogens is 300 g/mol. The van der Waals surface area contributed by atoms with Gasteiger partial charge in [-0.15, -0.1) is 0 Å². The maximum atomic E-state index is 12.2. The Morgan fingerprint density at radius 1 is 1.08 bits per heavy atom. The van der Waals surface area contributed by atoms with Crippen LogP contribution in [0.5, 0.6) is 5.75 Å². The second kappa shape index (κ2) is 7.49. The molecule has 126 valence electrons. The van der Waals surface area contributed by atoms with Gasteiger partial charge in [0.2, 0.25) is 0 Å². The van der Waals surface area contributed by atoms with Gasteiger partial charge in [0.05, 0.1) is 5.56 Å². The third-order valence-electron chi connectivity index (χ3n) is 4.48. The molecule has 0 spiro atoms. The third kappa shape index (κ3) is 4.15. The van der Waals surface area contributed by atoms with Crippen LogP contribution in [-0.2, 0) is 13.1 Å². The fraction of sp³-hybridized carbons (Fsp3) is 0.350. The van der Waals surface area contributed by atoms with E-state index >= 15 is 0 Å². The second-order valence-electron chi connectivity index (χ2n) is 6.50. The molecule has 1 aliphatic heterocycles. The van der Waals surface area contributed by atoms with Crippen LogP contribution in [0.1, 0.15) is 39.9 Å². The van der Waals surface area contributed by atoms with Crippen molar-refractivity contribution < 1.29 is 9.90 Å². The van der Waals surface area contributed by atoms with E-state index in [0.29, 0.717) is 12.1 Å². The minimum Gasteiger partial charge on any atom is -0.507 e. The minimum absolute atomic E-state index is 0.0217. The van der Waals surface area contributed by atoms with Gasteiger partial charge in [0, 0.05) is 13.1 Å². The van der Waals surface area contributed by atoms with Crippen LogP contribution in [0, 0.1) is 6.92 Å². The average molecular weight is 324 g/mol. The normalized spacial score (nSPS) is 14.7. The molecule has 2 aromatic rings. The maximum Gasteiger partial charge on any atom is 0.255 e. The molecule has 0 saturated carbocycles. The molecule has 1 heterocycles. The summed E-state index contributed by atoms with van der Waals surface area (Å²) in [6.07, 6.45) is 2.60. The summed E-state index contributed by atoms with van der Waals surface area (Å²) in [6, 6.07) is 13.4. The summed E-state index contributed by atoms with van der Waals surface area (Å²) in [4.78, 5) is 14.6. The number of phenolic OH excluding ortho intramolecular Hbond substituents is 1. The number of amides is 1. The van der Waals surface area contributed by atoms with Crippen LogP contribution < -0.4 is 5.32 Å². The molecule has 2 N–H and O–H groups in total. The van der Waals surface area contributed by atoms with E-state index in [2.05, 4.69) is 34.5 Å². The number of nitrogens with zero attached hydrogens (tertiary/aromatic N) is 1. The van der Waals surface area contributed by atoms with Crippen molar-refractivity contribution in [2.45, 2.75) is 32.9 Å². The number of aromatic hydroxyl groups is 1. The number of benzene rings is 2. The predicted octanol–water partition coefficient (Wildman–Crippen LogP) is 3.23. The van der Waals surface area contributed by atoms with Crippen LogP contribution in [0.2, 0.25) is 0 Å². The first-order chi connectivity index (χ1) is 11.6. The van der Waals surface area contributed by atoms with Gasteiger partial charge in [-0.2, -0.15) is 0 Å². The first-order valence-electron chi connectivity index (χ1n) is 8.50. The Kier molecular flexibility index (Phi) is 5.16. The van der Waals surface area contributed by atoms with Gasteiger partial charge >= 0.3 is 0 Å². The Labute approximate surface area is 143 Å².